The van der Waals surface area contributed by atoms with Crippen molar-refractivity contribution in [3.8, 4) is 0 Å². The van der Waals surface area contributed by atoms with Gasteiger partial charge < -0.3 is 4.74 Å². The number of ether oxygens (including phenoxy) is 1. The van der Waals surface area contributed by atoms with E-state index in [4.69, 9.17) is 4.74 Å². The number of esters is 1. The molecule has 0 saturated heterocycles. The molecule has 4 rings (SSSR count). The van der Waals surface area contributed by atoms with E-state index in [0.29, 0.717) is 30.9 Å². The second kappa shape index (κ2) is 13.1. The molecular weight excluding hydrogens is 418 g/mol. The summed E-state index contributed by atoms with van der Waals surface area (Å²) in [5.41, 5.74) is 2.82. The predicted octanol–water partition coefficient (Wildman–Crippen LogP) is 7.66. The van der Waals surface area contributed by atoms with Crippen molar-refractivity contribution in [2.75, 3.05) is 19.7 Å². The molecule has 3 atom stereocenters. The zero-order chi connectivity index (χ0) is 23.8. The molecule has 190 valence electrons. The predicted molar refractivity (Wildman–Crippen MR) is 141 cm³/mol. The number of hydrogen-bond donors (Lipinski definition) is 0. The summed E-state index contributed by atoms with van der Waals surface area (Å²) in [5.74, 6) is 2.74. The standard InChI is InChI=1S/C31H49NO2/c1-3-34-31(33)21-27-16-19-30(29(20-27)28-17-14-24(2)15-18-28)32(22-25-10-6-4-7-11-25)23-26-12-8-5-9-13-26/h14-15,17-18,25-27,29-30H,3-13,16,19-23H2,1-2H3. The minimum atomic E-state index is -0.00475. The smallest absolute Gasteiger partial charge is 0.306 e. The van der Waals surface area contributed by atoms with Crippen molar-refractivity contribution in [2.45, 2.75) is 116 Å². The van der Waals surface area contributed by atoms with Crippen molar-refractivity contribution in [3.63, 3.8) is 0 Å². The highest BCUT2D eigenvalue weighted by molar-refractivity contribution is 5.69. The fraction of sp³-hybridized carbons (Fsp3) is 0.774. The van der Waals surface area contributed by atoms with Gasteiger partial charge in [-0.15, -0.1) is 0 Å². The Balaban J connectivity index is 1.54. The first-order chi connectivity index (χ1) is 16.6. The molecule has 3 fully saturated rings. The van der Waals surface area contributed by atoms with Gasteiger partial charge in [0.15, 0.2) is 0 Å². The summed E-state index contributed by atoms with van der Waals surface area (Å²) >= 11 is 0. The van der Waals surface area contributed by atoms with Gasteiger partial charge in [-0.3, -0.25) is 9.69 Å². The van der Waals surface area contributed by atoms with Crippen LogP contribution in [0.4, 0.5) is 0 Å². The van der Waals surface area contributed by atoms with Crippen molar-refractivity contribution in [1.82, 2.24) is 4.90 Å². The van der Waals surface area contributed by atoms with E-state index in [1.54, 1.807) is 0 Å². The van der Waals surface area contributed by atoms with Gasteiger partial charge in [0, 0.05) is 25.6 Å². The van der Waals surface area contributed by atoms with Gasteiger partial charge in [0.05, 0.1) is 6.61 Å². The van der Waals surface area contributed by atoms with Gasteiger partial charge in [0.2, 0.25) is 0 Å². The van der Waals surface area contributed by atoms with E-state index in [0.717, 1.165) is 24.7 Å². The molecule has 0 aliphatic heterocycles. The topological polar surface area (TPSA) is 29.5 Å². The molecule has 0 bridgehead atoms. The van der Waals surface area contributed by atoms with E-state index < -0.39 is 0 Å². The fourth-order valence-electron chi connectivity index (χ4n) is 7.24. The lowest BCUT2D eigenvalue weighted by Crippen LogP contribution is -2.47. The summed E-state index contributed by atoms with van der Waals surface area (Å²) in [4.78, 5) is 15.3. The lowest BCUT2D eigenvalue weighted by atomic mass is 9.72. The van der Waals surface area contributed by atoms with Crippen molar-refractivity contribution in [3.05, 3.63) is 35.4 Å². The molecule has 0 radical (unpaired) electrons. The normalized spacial score (nSPS) is 27.1. The molecule has 0 spiro atoms. The summed E-state index contributed by atoms with van der Waals surface area (Å²) in [6.45, 7) is 7.19. The first-order valence-corrected chi connectivity index (χ1v) is 14.6. The SMILES string of the molecule is CCOC(=O)CC1CCC(N(CC2CCCCC2)CC2CCCCC2)C(c2ccc(C)cc2)C1. The Labute approximate surface area is 209 Å². The summed E-state index contributed by atoms with van der Waals surface area (Å²) < 4.78 is 5.33. The number of rotatable bonds is 9. The van der Waals surface area contributed by atoms with Gasteiger partial charge in [-0.2, -0.15) is 0 Å². The summed E-state index contributed by atoms with van der Waals surface area (Å²) in [5, 5.41) is 0. The molecular formula is C31H49NO2. The Bertz CT molecular complexity index is 712. The van der Waals surface area contributed by atoms with E-state index in [9.17, 15) is 4.79 Å². The first kappa shape index (κ1) is 25.7. The third-order valence-corrected chi connectivity index (χ3v) is 9.09. The number of benzene rings is 1. The maximum Gasteiger partial charge on any atom is 0.306 e. The maximum atomic E-state index is 12.3. The highest BCUT2D eigenvalue weighted by atomic mass is 16.5. The molecule has 0 N–H and O–H groups in total. The van der Waals surface area contributed by atoms with E-state index in [2.05, 4.69) is 36.1 Å². The number of carbonyl (C=O) groups excluding carboxylic acids is 1. The monoisotopic (exact) mass is 467 g/mol. The molecule has 0 amide bonds. The number of nitrogens with zero attached hydrogens (tertiary/aromatic N) is 1. The Kier molecular flexibility index (Phi) is 9.91. The zero-order valence-electron chi connectivity index (χ0n) is 22.0. The molecule has 1 aromatic rings. The zero-order valence-corrected chi connectivity index (χ0v) is 22.0. The second-order valence-corrected chi connectivity index (χ2v) is 11.7. The minimum Gasteiger partial charge on any atom is -0.466 e. The van der Waals surface area contributed by atoms with Gasteiger partial charge in [0.25, 0.3) is 0 Å². The molecule has 1 aromatic carbocycles. The highest BCUT2D eigenvalue weighted by Crippen LogP contribution is 2.42. The van der Waals surface area contributed by atoms with E-state index >= 15 is 0 Å². The van der Waals surface area contributed by atoms with Crippen LogP contribution in [0.15, 0.2) is 24.3 Å². The third-order valence-electron chi connectivity index (χ3n) is 9.09. The van der Waals surface area contributed by atoms with E-state index in [1.165, 1.54) is 94.8 Å². The Hall–Kier alpha value is -1.35. The van der Waals surface area contributed by atoms with E-state index in [1.807, 2.05) is 6.92 Å². The molecule has 34 heavy (non-hydrogen) atoms. The van der Waals surface area contributed by atoms with Crippen LogP contribution in [-0.4, -0.2) is 36.6 Å². The summed E-state index contributed by atoms with van der Waals surface area (Å²) in [7, 11) is 0. The average Bonchev–Trinajstić information content (AvgIpc) is 2.85. The largest absolute Gasteiger partial charge is 0.466 e. The Morgan fingerprint density at radius 2 is 1.41 bits per heavy atom. The summed E-state index contributed by atoms with van der Waals surface area (Å²) in [6.07, 6.45) is 18.4. The van der Waals surface area contributed by atoms with Crippen LogP contribution in [0.25, 0.3) is 0 Å². The molecule has 0 heterocycles. The Morgan fingerprint density at radius 3 is 1.97 bits per heavy atom. The number of carbonyl (C=O) groups is 1. The van der Waals surface area contributed by atoms with Crippen LogP contribution in [0, 0.1) is 24.7 Å². The molecule has 3 unspecified atom stereocenters. The van der Waals surface area contributed by atoms with Crippen LogP contribution in [0.1, 0.15) is 114 Å². The van der Waals surface area contributed by atoms with Crippen molar-refractivity contribution < 1.29 is 9.53 Å². The number of hydrogen-bond acceptors (Lipinski definition) is 3. The molecule has 3 aliphatic rings. The minimum absolute atomic E-state index is 0.00475. The Morgan fingerprint density at radius 1 is 0.824 bits per heavy atom. The van der Waals surface area contributed by atoms with Gasteiger partial charge >= 0.3 is 5.97 Å². The van der Waals surface area contributed by atoms with Gasteiger partial charge in [-0.05, 0) is 88.0 Å². The van der Waals surface area contributed by atoms with Crippen molar-refractivity contribution in [2.24, 2.45) is 17.8 Å². The quantitative estimate of drug-likeness (QED) is 0.349. The van der Waals surface area contributed by atoms with Crippen molar-refractivity contribution >= 4 is 5.97 Å². The molecule has 3 saturated carbocycles. The maximum absolute atomic E-state index is 12.3. The molecule has 3 nitrogen and oxygen atoms in total. The van der Waals surface area contributed by atoms with Crippen LogP contribution in [0.3, 0.4) is 0 Å². The molecule has 0 aromatic heterocycles. The first-order valence-electron chi connectivity index (χ1n) is 14.6. The molecule has 3 heteroatoms. The molecule has 3 aliphatic carbocycles. The van der Waals surface area contributed by atoms with Gasteiger partial charge in [0.1, 0.15) is 0 Å². The van der Waals surface area contributed by atoms with Gasteiger partial charge in [-0.25, -0.2) is 0 Å². The lowest BCUT2D eigenvalue weighted by Gasteiger charge is -2.46. The third kappa shape index (κ3) is 7.33. The van der Waals surface area contributed by atoms with Crippen molar-refractivity contribution in [1.29, 1.82) is 0 Å². The summed E-state index contributed by atoms with van der Waals surface area (Å²) in [6, 6.07) is 9.94. The van der Waals surface area contributed by atoms with Crippen LogP contribution in [0.5, 0.6) is 0 Å². The van der Waals surface area contributed by atoms with Crippen LogP contribution < -0.4 is 0 Å². The van der Waals surface area contributed by atoms with Crippen LogP contribution in [-0.2, 0) is 9.53 Å². The van der Waals surface area contributed by atoms with E-state index in [-0.39, 0.29) is 5.97 Å². The highest BCUT2D eigenvalue weighted by Gasteiger charge is 2.37. The lowest BCUT2D eigenvalue weighted by molar-refractivity contribution is -0.144. The number of aryl methyl sites for hydroxylation is 1. The fourth-order valence-corrected chi connectivity index (χ4v) is 7.24. The average molecular weight is 468 g/mol. The second-order valence-electron chi connectivity index (χ2n) is 11.7. The van der Waals surface area contributed by atoms with Gasteiger partial charge in [-0.1, -0.05) is 68.4 Å². The van der Waals surface area contributed by atoms with Crippen LogP contribution >= 0.6 is 0 Å². The van der Waals surface area contributed by atoms with Crippen LogP contribution in [0.2, 0.25) is 0 Å².